The van der Waals surface area contributed by atoms with E-state index < -0.39 is 10.0 Å². The molecule has 1 rings (SSSR count). The van der Waals surface area contributed by atoms with Crippen LogP contribution >= 0.6 is 0 Å². The van der Waals surface area contributed by atoms with Gasteiger partial charge >= 0.3 is 0 Å². The lowest BCUT2D eigenvalue weighted by Gasteiger charge is -2.33. The average Bonchev–Trinajstić information content (AvgIpc) is 2.34. The maximum atomic E-state index is 12.4. The van der Waals surface area contributed by atoms with Gasteiger partial charge < -0.3 is 4.90 Å². The summed E-state index contributed by atoms with van der Waals surface area (Å²) in [5.41, 5.74) is 0.936. The highest BCUT2D eigenvalue weighted by atomic mass is 32.2. The molecule has 110 valence electrons. The van der Waals surface area contributed by atoms with Crippen molar-refractivity contribution in [2.45, 2.75) is 26.7 Å². The molecule has 1 aliphatic rings. The van der Waals surface area contributed by atoms with Crippen molar-refractivity contribution < 1.29 is 13.2 Å². The molecule has 0 bridgehead atoms. The molecule has 19 heavy (non-hydrogen) atoms. The zero-order chi connectivity index (χ0) is 14.6. The van der Waals surface area contributed by atoms with Gasteiger partial charge in [-0.05, 0) is 26.7 Å². The second-order valence-electron chi connectivity index (χ2n) is 5.27. The van der Waals surface area contributed by atoms with Gasteiger partial charge in [0.1, 0.15) is 0 Å². The van der Waals surface area contributed by atoms with Gasteiger partial charge in [0.25, 0.3) is 0 Å². The van der Waals surface area contributed by atoms with Crippen LogP contribution in [0.5, 0.6) is 0 Å². The molecular formula is C13H24N2O3S. The summed E-state index contributed by atoms with van der Waals surface area (Å²) in [7, 11) is -3.20. The molecule has 5 nitrogen and oxygen atoms in total. The van der Waals surface area contributed by atoms with Crippen molar-refractivity contribution in [3.05, 3.63) is 12.2 Å². The van der Waals surface area contributed by atoms with Crippen molar-refractivity contribution in [3.8, 4) is 0 Å². The Morgan fingerprint density at radius 2 is 2.11 bits per heavy atom. The molecule has 0 aromatic rings. The topological polar surface area (TPSA) is 57.7 Å². The van der Waals surface area contributed by atoms with Crippen molar-refractivity contribution in [1.29, 1.82) is 0 Å². The Bertz CT molecular complexity index is 445. The summed E-state index contributed by atoms with van der Waals surface area (Å²) in [6, 6.07) is 0. The largest absolute Gasteiger partial charge is 0.339 e. The fraction of sp³-hybridized carbons (Fsp3) is 0.769. The van der Waals surface area contributed by atoms with Gasteiger partial charge in [-0.15, -0.1) is 0 Å². The molecule has 0 saturated carbocycles. The Balaban J connectivity index is 2.73. The van der Waals surface area contributed by atoms with Crippen molar-refractivity contribution in [2.24, 2.45) is 5.92 Å². The summed E-state index contributed by atoms with van der Waals surface area (Å²) < 4.78 is 24.5. The van der Waals surface area contributed by atoms with Crippen LogP contribution in [0.3, 0.4) is 0 Å². The van der Waals surface area contributed by atoms with E-state index in [-0.39, 0.29) is 11.8 Å². The third-order valence-electron chi connectivity index (χ3n) is 3.36. The first-order chi connectivity index (χ1) is 8.75. The van der Waals surface area contributed by atoms with Crippen LogP contribution in [-0.2, 0) is 14.8 Å². The number of carbonyl (C=O) groups excluding carboxylic acids is 1. The van der Waals surface area contributed by atoms with Gasteiger partial charge in [0.05, 0.1) is 12.2 Å². The molecule has 1 heterocycles. The Kier molecular flexibility index (Phi) is 5.55. The molecule has 0 N–H and O–H groups in total. The van der Waals surface area contributed by atoms with Crippen molar-refractivity contribution in [1.82, 2.24) is 9.21 Å². The normalized spacial score (nSPS) is 21.1. The lowest BCUT2D eigenvalue weighted by molar-refractivity contribution is -0.136. The first kappa shape index (κ1) is 16.2. The van der Waals surface area contributed by atoms with Crippen molar-refractivity contribution in [3.63, 3.8) is 0 Å². The minimum absolute atomic E-state index is 0.0406. The van der Waals surface area contributed by atoms with E-state index >= 15 is 0 Å². The number of carbonyl (C=O) groups is 1. The number of sulfonamides is 1. The third kappa shape index (κ3) is 4.62. The number of likely N-dealkylation sites (N-methyl/N-ethyl adjacent to an activating group) is 1. The highest BCUT2D eigenvalue weighted by Crippen LogP contribution is 2.21. The summed E-state index contributed by atoms with van der Waals surface area (Å²) in [4.78, 5) is 14.1. The SMILES string of the molecule is C=C(C)CN(CC)C(=O)C1CCCN(S(C)(=O)=O)C1. The molecule has 0 spiro atoms. The van der Waals surface area contributed by atoms with Crippen LogP contribution in [0.2, 0.25) is 0 Å². The molecule has 0 aliphatic carbocycles. The molecule has 1 atom stereocenters. The standard InChI is InChI=1S/C13H24N2O3S/c1-5-14(9-11(2)3)13(16)12-7-6-8-15(10-12)19(4,17)18/h12H,2,5-10H2,1,3-4H3. The Labute approximate surface area is 116 Å². The van der Waals surface area contributed by atoms with E-state index in [1.165, 1.54) is 10.6 Å². The number of nitrogens with zero attached hydrogens (tertiary/aromatic N) is 2. The molecule has 1 fully saturated rings. The zero-order valence-corrected chi connectivity index (χ0v) is 12.9. The summed E-state index contributed by atoms with van der Waals surface area (Å²) >= 11 is 0. The van der Waals surface area contributed by atoms with Crippen molar-refractivity contribution in [2.75, 3.05) is 32.4 Å². The molecule has 0 aromatic heterocycles. The van der Waals surface area contributed by atoms with Crippen LogP contribution in [0.15, 0.2) is 12.2 Å². The molecule has 6 heteroatoms. The molecule has 0 aromatic carbocycles. The fourth-order valence-electron chi connectivity index (χ4n) is 2.37. The summed E-state index contributed by atoms with van der Waals surface area (Å²) in [5, 5.41) is 0. The van der Waals surface area contributed by atoms with E-state index in [2.05, 4.69) is 6.58 Å². The van der Waals surface area contributed by atoms with Gasteiger partial charge in [-0.2, -0.15) is 0 Å². The maximum Gasteiger partial charge on any atom is 0.227 e. The van der Waals surface area contributed by atoms with E-state index in [9.17, 15) is 13.2 Å². The van der Waals surface area contributed by atoms with Crippen LogP contribution in [0.25, 0.3) is 0 Å². The first-order valence-corrected chi connectivity index (χ1v) is 8.48. The number of rotatable bonds is 5. The van der Waals surface area contributed by atoms with E-state index in [1.54, 1.807) is 4.90 Å². The summed E-state index contributed by atoms with van der Waals surface area (Å²) in [6.07, 6.45) is 2.71. The minimum atomic E-state index is -3.20. The van der Waals surface area contributed by atoms with Gasteiger partial charge in [-0.3, -0.25) is 4.79 Å². The van der Waals surface area contributed by atoms with E-state index in [0.29, 0.717) is 26.2 Å². The average molecular weight is 288 g/mol. The Morgan fingerprint density at radius 3 is 2.58 bits per heavy atom. The molecule has 1 saturated heterocycles. The van der Waals surface area contributed by atoms with E-state index in [4.69, 9.17) is 0 Å². The fourth-order valence-corrected chi connectivity index (χ4v) is 3.29. The van der Waals surface area contributed by atoms with Crippen LogP contribution in [-0.4, -0.2) is 56.0 Å². The quantitative estimate of drug-likeness (QED) is 0.711. The van der Waals surface area contributed by atoms with Gasteiger partial charge in [0.15, 0.2) is 0 Å². The minimum Gasteiger partial charge on any atom is -0.339 e. The lowest BCUT2D eigenvalue weighted by Crippen LogP contribution is -2.46. The number of hydrogen-bond acceptors (Lipinski definition) is 3. The maximum absolute atomic E-state index is 12.4. The van der Waals surface area contributed by atoms with Crippen molar-refractivity contribution >= 4 is 15.9 Å². The Morgan fingerprint density at radius 1 is 1.47 bits per heavy atom. The number of piperidine rings is 1. The summed E-state index contributed by atoms with van der Waals surface area (Å²) in [5.74, 6) is -0.179. The highest BCUT2D eigenvalue weighted by molar-refractivity contribution is 7.88. The van der Waals surface area contributed by atoms with Crippen LogP contribution in [0.1, 0.15) is 26.7 Å². The molecule has 1 amide bonds. The van der Waals surface area contributed by atoms with Gasteiger partial charge in [0, 0.05) is 26.2 Å². The number of hydrogen-bond donors (Lipinski definition) is 0. The van der Waals surface area contributed by atoms with Crippen LogP contribution < -0.4 is 0 Å². The predicted octanol–water partition coefficient (Wildman–Crippen LogP) is 1.08. The predicted molar refractivity (Wildman–Crippen MR) is 76.2 cm³/mol. The van der Waals surface area contributed by atoms with Gasteiger partial charge in [-0.1, -0.05) is 12.2 Å². The monoisotopic (exact) mass is 288 g/mol. The smallest absolute Gasteiger partial charge is 0.227 e. The van der Waals surface area contributed by atoms with Gasteiger partial charge in [0.2, 0.25) is 15.9 Å². The second-order valence-corrected chi connectivity index (χ2v) is 7.25. The molecule has 0 radical (unpaired) electrons. The van der Waals surface area contributed by atoms with Crippen LogP contribution in [0.4, 0.5) is 0 Å². The molecule has 1 unspecified atom stereocenters. The molecule has 1 aliphatic heterocycles. The first-order valence-electron chi connectivity index (χ1n) is 6.64. The van der Waals surface area contributed by atoms with E-state index in [0.717, 1.165) is 18.4 Å². The zero-order valence-electron chi connectivity index (χ0n) is 12.1. The summed E-state index contributed by atoms with van der Waals surface area (Å²) in [6.45, 7) is 9.65. The van der Waals surface area contributed by atoms with Gasteiger partial charge in [-0.25, -0.2) is 12.7 Å². The number of amides is 1. The van der Waals surface area contributed by atoms with E-state index in [1.807, 2.05) is 13.8 Å². The molecular weight excluding hydrogens is 264 g/mol. The lowest BCUT2D eigenvalue weighted by atomic mass is 9.98. The third-order valence-corrected chi connectivity index (χ3v) is 4.63. The van der Waals surface area contributed by atoms with Crippen LogP contribution in [0, 0.1) is 5.92 Å². The second kappa shape index (κ2) is 6.52. The highest BCUT2D eigenvalue weighted by Gasteiger charge is 2.32. The Hall–Kier alpha value is -0.880.